The van der Waals surface area contributed by atoms with Gasteiger partial charge in [-0.25, -0.2) is 4.39 Å². The molecule has 0 bridgehead atoms. The highest BCUT2D eigenvalue weighted by molar-refractivity contribution is 7.15. The van der Waals surface area contributed by atoms with Gasteiger partial charge < -0.3 is 5.32 Å². The van der Waals surface area contributed by atoms with Gasteiger partial charge in [-0.05, 0) is 49.9 Å². The van der Waals surface area contributed by atoms with Gasteiger partial charge in [0, 0.05) is 24.9 Å². The number of carbonyl (C=O) groups excluding carboxylic acids is 1. The van der Waals surface area contributed by atoms with E-state index in [2.05, 4.69) is 20.4 Å². The van der Waals surface area contributed by atoms with Gasteiger partial charge in [0.1, 0.15) is 10.8 Å². The molecule has 0 spiro atoms. The number of likely N-dealkylation sites (tertiary alicyclic amines) is 1. The van der Waals surface area contributed by atoms with Crippen molar-refractivity contribution in [2.24, 2.45) is 0 Å². The largest absolute Gasteiger partial charge is 0.300 e. The van der Waals surface area contributed by atoms with Crippen molar-refractivity contribution in [2.75, 3.05) is 18.4 Å². The third-order valence-corrected chi connectivity index (χ3v) is 6.11. The monoisotopic (exact) mass is 374 g/mol. The molecule has 1 aliphatic heterocycles. The standard InChI is InChI=1S/C19H23FN4OS/c20-15-8-6-13(7-9-15)16-3-1-2-11-24(16)12-10-17(25)21-19-23-22-18(26-19)14-4-5-14/h6-9,14,16H,1-5,10-12H2,(H,21,23,25)/t16-/m1/s1. The minimum Gasteiger partial charge on any atom is -0.300 e. The molecule has 1 amide bonds. The van der Waals surface area contributed by atoms with Crippen LogP contribution in [0.1, 0.15) is 61.1 Å². The van der Waals surface area contributed by atoms with Crippen molar-refractivity contribution in [3.8, 4) is 0 Å². The summed E-state index contributed by atoms with van der Waals surface area (Å²) >= 11 is 1.49. The number of benzene rings is 1. The normalized spacial score (nSPS) is 20.9. The highest BCUT2D eigenvalue weighted by atomic mass is 32.1. The molecule has 1 saturated heterocycles. The minimum atomic E-state index is -0.210. The second-order valence-corrected chi connectivity index (χ2v) is 8.13. The fraction of sp³-hybridized carbons (Fsp3) is 0.526. The number of hydrogen-bond donors (Lipinski definition) is 1. The second-order valence-electron chi connectivity index (χ2n) is 7.12. The molecule has 7 heteroatoms. The lowest BCUT2D eigenvalue weighted by Gasteiger charge is -2.36. The van der Waals surface area contributed by atoms with Crippen LogP contribution in [0.4, 0.5) is 9.52 Å². The zero-order chi connectivity index (χ0) is 17.9. The van der Waals surface area contributed by atoms with Gasteiger partial charge in [0.2, 0.25) is 11.0 Å². The topological polar surface area (TPSA) is 58.1 Å². The van der Waals surface area contributed by atoms with Gasteiger partial charge in [-0.1, -0.05) is 29.9 Å². The molecule has 1 aromatic heterocycles. The van der Waals surface area contributed by atoms with Crippen LogP contribution in [0.15, 0.2) is 24.3 Å². The fourth-order valence-corrected chi connectivity index (χ4v) is 4.46. The molecule has 5 nitrogen and oxygen atoms in total. The third kappa shape index (κ3) is 4.27. The predicted molar refractivity (Wildman–Crippen MR) is 99.7 cm³/mol. The second kappa shape index (κ2) is 7.80. The first-order valence-corrected chi connectivity index (χ1v) is 10.1. The molecule has 4 rings (SSSR count). The molecule has 1 saturated carbocycles. The van der Waals surface area contributed by atoms with E-state index in [9.17, 15) is 9.18 Å². The molecule has 1 aliphatic carbocycles. The summed E-state index contributed by atoms with van der Waals surface area (Å²) in [7, 11) is 0. The Labute approximate surface area is 156 Å². The summed E-state index contributed by atoms with van der Waals surface area (Å²) in [5, 5.41) is 12.7. The summed E-state index contributed by atoms with van der Waals surface area (Å²) in [6.07, 6.45) is 6.15. The molecule has 1 atom stereocenters. The van der Waals surface area contributed by atoms with E-state index in [1.807, 2.05) is 12.1 Å². The van der Waals surface area contributed by atoms with Crippen LogP contribution in [0, 0.1) is 5.82 Å². The number of halogens is 1. The Morgan fingerprint density at radius 1 is 1.19 bits per heavy atom. The Hall–Kier alpha value is -1.86. The summed E-state index contributed by atoms with van der Waals surface area (Å²) in [5.41, 5.74) is 1.13. The first kappa shape index (κ1) is 17.5. The van der Waals surface area contributed by atoms with Crippen LogP contribution in [0.5, 0.6) is 0 Å². The summed E-state index contributed by atoms with van der Waals surface area (Å²) in [4.78, 5) is 14.6. The lowest BCUT2D eigenvalue weighted by Crippen LogP contribution is -2.35. The molecule has 2 heterocycles. The van der Waals surface area contributed by atoms with E-state index in [1.165, 1.54) is 42.7 Å². The highest BCUT2D eigenvalue weighted by Gasteiger charge is 2.28. The van der Waals surface area contributed by atoms with E-state index in [-0.39, 0.29) is 17.8 Å². The van der Waals surface area contributed by atoms with Gasteiger partial charge in [-0.2, -0.15) is 0 Å². The number of anilines is 1. The molecule has 26 heavy (non-hydrogen) atoms. The molecule has 2 aromatic rings. The smallest absolute Gasteiger partial charge is 0.227 e. The van der Waals surface area contributed by atoms with Crippen molar-refractivity contribution in [1.82, 2.24) is 15.1 Å². The van der Waals surface area contributed by atoms with Gasteiger partial charge in [0.15, 0.2) is 0 Å². The van der Waals surface area contributed by atoms with Crippen molar-refractivity contribution in [3.05, 3.63) is 40.7 Å². The molecule has 0 unspecified atom stereocenters. The maximum atomic E-state index is 13.2. The van der Waals surface area contributed by atoms with E-state index in [0.29, 0.717) is 24.0 Å². The Morgan fingerprint density at radius 3 is 2.77 bits per heavy atom. The molecule has 1 N–H and O–H groups in total. The lowest BCUT2D eigenvalue weighted by molar-refractivity contribution is -0.116. The van der Waals surface area contributed by atoms with Crippen LogP contribution in [0.3, 0.4) is 0 Å². The molecule has 2 aliphatic rings. The Bertz CT molecular complexity index is 759. The molecule has 2 fully saturated rings. The van der Waals surface area contributed by atoms with E-state index < -0.39 is 0 Å². The predicted octanol–water partition coefficient (Wildman–Crippen LogP) is 4.11. The van der Waals surface area contributed by atoms with Crippen molar-refractivity contribution >= 4 is 22.4 Å². The molecule has 138 valence electrons. The zero-order valence-corrected chi connectivity index (χ0v) is 15.5. The number of aromatic nitrogens is 2. The molecular weight excluding hydrogens is 351 g/mol. The van der Waals surface area contributed by atoms with Crippen molar-refractivity contribution < 1.29 is 9.18 Å². The van der Waals surface area contributed by atoms with Gasteiger partial charge in [0.05, 0.1) is 0 Å². The molecular formula is C19H23FN4OS. The summed E-state index contributed by atoms with van der Waals surface area (Å²) in [5.74, 6) is 0.327. The Kier molecular flexibility index (Phi) is 5.26. The van der Waals surface area contributed by atoms with Gasteiger partial charge in [-0.3, -0.25) is 9.69 Å². The van der Waals surface area contributed by atoms with Crippen molar-refractivity contribution in [2.45, 2.75) is 50.5 Å². The fourth-order valence-electron chi connectivity index (χ4n) is 3.53. The first-order valence-electron chi connectivity index (χ1n) is 9.32. The number of nitrogens with zero attached hydrogens (tertiary/aromatic N) is 3. The average Bonchev–Trinajstić information content (AvgIpc) is 3.41. The SMILES string of the molecule is O=C(CCN1CCCC[C@@H]1c1ccc(F)cc1)Nc1nnc(C2CC2)s1. The highest BCUT2D eigenvalue weighted by Crippen LogP contribution is 2.42. The number of hydrogen-bond acceptors (Lipinski definition) is 5. The van der Waals surface area contributed by atoms with Crippen LogP contribution >= 0.6 is 11.3 Å². The van der Waals surface area contributed by atoms with Crippen molar-refractivity contribution in [3.63, 3.8) is 0 Å². The maximum Gasteiger partial charge on any atom is 0.227 e. The number of piperidine rings is 1. The van der Waals surface area contributed by atoms with Gasteiger partial charge in [0.25, 0.3) is 0 Å². The summed E-state index contributed by atoms with van der Waals surface area (Å²) in [6.45, 7) is 1.67. The van der Waals surface area contributed by atoms with E-state index in [0.717, 1.165) is 30.0 Å². The van der Waals surface area contributed by atoms with Crippen LogP contribution in [0.25, 0.3) is 0 Å². The Balaban J connectivity index is 1.32. The number of rotatable bonds is 6. The number of carbonyl (C=O) groups is 1. The lowest BCUT2D eigenvalue weighted by atomic mass is 9.95. The maximum absolute atomic E-state index is 13.2. The Morgan fingerprint density at radius 2 is 2.00 bits per heavy atom. The van der Waals surface area contributed by atoms with Crippen molar-refractivity contribution in [1.29, 1.82) is 0 Å². The van der Waals surface area contributed by atoms with E-state index in [4.69, 9.17) is 0 Å². The van der Waals surface area contributed by atoms with Crippen LogP contribution in [-0.4, -0.2) is 34.1 Å². The number of nitrogens with one attached hydrogen (secondary N) is 1. The number of amides is 1. The van der Waals surface area contributed by atoms with Gasteiger partial charge >= 0.3 is 0 Å². The van der Waals surface area contributed by atoms with Crippen LogP contribution < -0.4 is 5.32 Å². The molecule has 0 radical (unpaired) electrons. The first-order chi connectivity index (χ1) is 12.7. The summed E-state index contributed by atoms with van der Waals surface area (Å²) in [6, 6.07) is 7.02. The van der Waals surface area contributed by atoms with Gasteiger partial charge in [-0.15, -0.1) is 10.2 Å². The average molecular weight is 374 g/mol. The van der Waals surface area contributed by atoms with Crippen LogP contribution in [-0.2, 0) is 4.79 Å². The van der Waals surface area contributed by atoms with Crippen LogP contribution in [0.2, 0.25) is 0 Å². The van der Waals surface area contributed by atoms with E-state index in [1.54, 1.807) is 0 Å². The molecule has 1 aromatic carbocycles. The zero-order valence-electron chi connectivity index (χ0n) is 14.7. The van der Waals surface area contributed by atoms with E-state index >= 15 is 0 Å². The third-order valence-electron chi connectivity index (χ3n) is 5.11. The minimum absolute atomic E-state index is 0.0214. The quantitative estimate of drug-likeness (QED) is 0.827. The summed E-state index contributed by atoms with van der Waals surface area (Å²) < 4.78 is 13.2.